The van der Waals surface area contributed by atoms with E-state index in [1.54, 1.807) is 0 Å². The summed E-state index contributed by atoms with van der Waals surface area (Å²) in [6, 6.07) is 74.3. The van der Waals surface area contributed by atoms with Crippen LogP contribution < -0.4 is 0 Å². The zero-order valence-corrected chi connectivity index (χ0v) is 33.9. The van der Waals surface area contributed by atoms with Gasteiger partial charge in [-0.1, -0.05) is 182 Å². The van der Waals surface area contributed by atoms with Gasteiger partial charge in [-0.05, 0) is 80.0 Å². The number of para-hydroxylation sites is 2. The Kier molecular flexibility index (Phi) is 9.45. The molecule has 294 valence electrons. The van der Waals surface area contributed by atoms with Gasteiger partial charge in [0.05, 0.1) is 11.6 Å². The van der Waals surface area contributed by atoms with Gasteiger partial charge < -0.3 is 4.42 Å². The number of benzene rings is 9. The minimum absolute atomic E-state index is 0.582. The average molecular weight is 806 g/mol. The number of fused-ring (bicyclic) bond motifs is 2. The molecule has 2 heterocycles. The van der Waals surface area contributed by atoms with E-state index in [0.717, 1.165) is 88.6 Å². The van der Waals surface area contributed by atoms with Crippen molar-refractivity contribution < 1.29 is 4.42 Å². The number of nitrogens with zero attached hydrogens (tertiary/aromatic N) is 5. The van der Waals surface area contributed by atoms with Crippen LogP contribution >= 0.6 is 0 Å². The molecule has 2 aromatic heterocycles. The summed E-state index contributed by atoms with van der Waals surface area (Å²) in [7, 11) is 0. The standard InChI is InChI=1S/C57H35N5O/c58-36-43-19-7-8-22-44(43)48-25-14-26-49(47-33-34-50(46-24-10-9-23-45(46)47)57-59-51-27-11-12-28-52(51)63-57)53(48)42-21-13-20-41(35-42)37-29-31-40(32-30-37)56-61-54(38-15-3-1-4-16-38)60-55(62-56)39-17-5-2-6-18-39/h1-35H. The van der Waals surface area contributed by atoms with Gasteiger partial charge in [-0.3, -0.25) is 0 Å². The van der Waals surface area contributed by atoms with E-state index in [1.807, 2.05) is 109 Å². The van der Waals surface area contributed by atoms with Gasteiger partial charge in [0, 0.05) is 27.8 Å². The molecule has 11 aromatic rings. The molecular formula is C57H35N5O. The Hall–Kier alpha value is -8.79. The van der Waals surface area contributed by atoms with Crippen molar-refractivity contribution in [3.8, 4) is 96.2 Å². The summed E-state index contributed by atoms with van der Waals surface area (Å²) in [6.45, 7) is 0. The number of hydrogen-bond donors (Lipinski definition) is 0. The van der Waals surface area contributed by atoms with E-state index in [0.29, 0.717) is 28.9 Å². The lowest BCUT2D eigenvalue weighted by atomic mass is 9.84. The van der Waals surface area contributed by atoms with Gasteiger partial charge in [-0.2, -0.15) is 5.26 Å². The molecule has 0 spiro atoms. The normalized spacial score (nSPS) is 11.2. The third-order valence-electron chi connectivity index (χ3n) is 11.5. The lowest BCUT2D eigenvalue weighted by molar-refractivity contribution is 0.620. The van der Waals surface area contributed by atoms with Crippen molar-refractivity contribution >= 4 is 21.9 Å². The fourth-order valence-electron chi connectivity index (χ4n) is 8.44. The van der Waals surface area contributed by atoms with Crippen LogP contribution in [0, 0.1) is 11.3 Å². The molecule has 9 aromatic carbocycles. The van der Waals surface area contributed by atoms with Gasteiger partial charge in [0.15, 0.2) is 23.1 Å². The molecule has 0 aliphatic heterocycles. The van der Waals surface area contributed by atoms with Crippen molar-refractivity contribution in [1.29, 1.82) is 5.26 Å². The zero-order valence-electron chi connectivity index (χ0n) is 33.9. The largest absolute Gasteiger partial charge is 0.436 e. The summed E-state index contributed by atoms with van der Waals surface area (Å²) in [6.07, 6.45) is 0. The fraction of sp³-hybridized carbons (Fsp3) is 0. The topological polar surface area (TPSA) is 88.5 Å². The van der Waals surface area contributed by atoms with E-state index in [-0.39, 0.29) is 0 Å². The van der Waals surface area contributed by atoms with Gasteiger partial charge in [0.2, 0.25) is 5.89 Å². The quantitative estimate of drug-likeness (QED) is 0.152. The Bertz CT molecular complexity index is 3430. The van der Waals surface area contributed by atoms with Crippen LogP contribution in [-0.4, -0.2) is 19.9 Å². The molecule has 63 heavy (non-hydrogen) atoms. The molecule has 0 aliphatic rings. The van der Waals surface area contributed by atoms with Crippen LogP contribution in [-0.2, 0) is 0 Å². The van der Waals surface area contributed by atoms with E-state index in [1.165, 1.54) is 0 Å². The molecule has 0 radical (unpaired) electrons. The first-order valence-corrected chi connectivity index (χ1v) is 20.8. The SMILES string of the molecule is N#Cc1ccccc1-c1cccc(-c2ccc(-c3nc4ccccc4o3)c3ccccc23)c1-c1cccc(-c2ccc(-c3nc(-c4ccccc4)nc(-c4ccccc4)n3)cc2)c1. The summed E-state index contributed by atoms with van der Waals surface area (Å²) >= 11 is 0. The summed E-state index contributed by atoms with van der Waals surface area (Å²) in [5.41, 5.74) is 14.0. The second kappa shape index (κ2) is 16.0. The number of oxazole rings is 1. The lowest BCUT2D eigenvalue weighted by Crippen LogP contribution is -2.00. The summed E-state index contributed by atoms with van der Waals surface area (Å²) in [5, 5.41) is 12.4. The van der Waals surface area contributed by atoms with E-state index >= 15 is 0 Å². The molecular weight excluding hydrogens is 771 g/mol. The van der Waals surface area contributed by atoms with E-state index in [9.17, 15) is 5.26 Å². The van der Waals surface area contributed by atoms with E-state index in [2.05, 4.69) is 109 Å². The maximum atomic E-state index is 10.3. The first kappa shape index (κ1) is 37.2. The van der Waals surface area contributed by atoms with Gasteiger partial charge in [0.25, 0.3) is 0 Å². The number of hydrogen-bond acceptors (Lipinski definition) is 6. The molecule has 11 rings (SSSR count). The van der Waals surface area contributed by atoms with Crippen molar-refractivity contribution in [2.24, 2.45) is 0 Å². The van der Waals surface area contributed by atoms with Gasteiger partial charge in [-0.15, -0.1) is 0 Å². The monoisotopic (exact) mass is 805 g/mol. The summed E-state index contributed by atoms with van der Waals surface area (Å²) in [4.78, 5) is 19.6. The van der Waals surface area contributed by atoms with Crippen molar-refractivity contribution in [2.75, 3.05) is 0 Å². The molecule has 6 nitrogen and oxygen atoms in total. The molecule has 0 N–H and O–H groups in total. The third-order valence-corrected chi connectivity index (χ3v) is 11.5. The van der Waals surface area contributed by atoms with Gasteiger partial charge in [0.1, 0.15) is 5.52 Å². The predicted octanol–water partition coefficient (Wildman–Crippen LogP) is 14.4. The molecule has 0 aliphatic carbocycles. The highest BCUT2D eigenvalue weighted by Gasteiger charge is 2.21. The number of aromatic nitrogens is 4. The average Bonchev–Trinajstić information content (AvgIpc) is 3.81. The molecule has 0 bridgehead atoms. The highest BCUT2D eigenvalue weighted by molar-refractivity contribution is 6.08. The Labute approximate surface area is 364 Å². The molecule has 6 heteroatoms. The maximum Gasteiger partial charge on any atom is 0.227 e. The minimum Gasteiger partial charge on any atom is -0.436 e. The fourth-order valence-corrected chi connectivity index (χ4v) is 8.44. The second-order valence-corrected chi connectivity index (χ2v) is 15.3. The third kappa shape index (κ3) is 7.00. The number of nitriles is 1. The molecule has 0 saturated carbocycles. The molecule has 0 atom stereocenters. The van der Waals surface area contributed by atoms with Gasteiger partial charge in [-0.25, -0.2) is 19.9 Å². The summed E-state index contributed by atoms with van der Waals surface area (Å²) < 4.78 is 6.29. The molecule has 0 unspecified atom stereocenters. The first-order valence-electron chi connectivity index (χ1n) is 20.8. The Morgan fingerprint density at radius 2 is 0.841 bits per heavy atom. The Morgan fingerprint density at radius 1 is 0.349 bits per heavy atom. The predicted molar refractivity (Wildman–Crippen MR) is 253 cm³/mol. The Balaban J connectivity index is 1.03. The molecule has 0 saturated heterocycles. The van der Waals surface area contributed by atoms with E-state index in [4.69, 9.17) is 24.4 Å². The van der Waals surface area contributed by atoms with Crippen molar-refractivity contribution in [3.05, 3.63) is 218 Å². The Morgan fingerprint density at radius 3 is 1.52 bits per heavy atom. The van der Waals surface area contributed by atoms with Crippen LogP contribution in [0.2, 0.25) is 0 Å². The number of rotatable bonds is 8. The van der Waals surface area contributed by atoms with Crippen LogP contribution in [0.4, 0.5) is 0 Å². The smallest absolute Gasteiger partial charge is 0.227 e. The van der Waals surface area contributed by atoms with Crippen molar-refractivity contribution in [3.63, 3.8) is 0 Å². The van der Waals surface area contributed by atoms with Crippen LogP contribution in [0.25, 0.3) is 112 Å². The maximum absolute atomic E-state index is 10.3. The lowest BCUT2D eigenvalue weighted by Gasteiger charge is -2.19. The molecule has 0 fully saturated rings. The van der Waals surface area contributed by atoms with Crippen LogP contribution in [0.15, 0.2) is 217 Å². The highest BCUT2D eigenvalue weighted by atomic mass is 16.3. The highest BCUT2D eigenvalue weighted by Crippen LogP contribution is 2.45. The van der Waals surface area contributed by atoms with Crippen molar-refractivity contribution in [2.45, 2.75) is 0 Å². The second-order valence-electron chi connectivity index (χ2n) is 15.3. The zero-order chi connectivity index (χ0) is 42.1. The van der Waals surface area contributed by atoms with Gasteiger partial charge >= 0.3 is 0 Å². The van der Waals surface area contributed by atoms with Crippen LogP contribution in [0.5, 0.6) is 0 Å². The van der Waals surface area contributed by atoms with Crippen LogP contribution in [0.1, 0.15) is 5.56 Å². The summed E-state index contributed by atoms with van der Waals surface area (Å²) in [5.74, 6) is 2.43. The minimum atomic E-state index is 0.582. The van der Waals surface area contributed by atoms with Crippen molar-refractivity contribution in [1.82, 2.24) is 19.9 Å². The first-order chi connectivity index (χ1) is 31.2. The van der Waals surface area contributed by atoms with E-state index < -0.39 is 0 Å². The molecule has 0 amide bonds. The van der Waals surface area contributed by atoms with Crippen LogP contribution in [0.3, 0.4) is 0 Å².